The molecule has 3 aromatic rings. The van der Waals surface area contributed by atoms with Crippen LogP contribution in [-0.2, 0) is 17.7 Å². The molecule has 3 rings (SSSR count). The highest BCUT2D eigenvalue weighted by Crippen LogP contribution is 2.31. The molecule has 7 nitrogen and oxygen atoms in total. The Morgan fingerprint density at radius 3 is 2.77 bits per heavy atom. The Kier molecular flexibility index (Phi) is 5.08. The summed E-state index contributed by atoms with van der Waals surface area (Å²) in [4.78, 5) is 13.5. The number of methoxy groups -OCH3 is 1. The summed E-state index contributed by atoms with van der Waals surface area (Å²) in [6, 6.07) is 8.01. The van der Waals surface area contributed by atoms with Crippen molar-refractivity contribution in [2.75, 3.05) is 26.0 Å². The Bertz CT molecular complexity index is 944. The van der Waals surface area contributed by atoms with Crippen molar-refractivity contribution in [2.45, 2.75) is 26.8 Å². The van der Waals surface area contributed by atoms with E-state index in [1.165, 1.54) is 6.34 Å². The van der Waals surface area contributed by atoms with Gasteiger partial charge in [0.05, 0.1) is 24.0 Å². The molecule has 0 aliphatic rings. The fourth-order valence-corrected chi connectivity index (χ4v) is 3.24. The number of rotatable bonds is 7. The van der Waals surface area contributed by atoms with E-state index in [4.69, 9.17) is 21.2 Å². The van der Waals surface area contributed by atoms with Gasteiger partial charge in [0.25, 0.3) is 0 Å². The summed E-state index contributed by atoms with van der Waals surface area (Å²) < 4.78 is 7.51. The second kappa shape index (κ2) is 7.29. The maximum absolute atomic E-state index is 6.22. The zero-order valence-corrected chi connectivity index (χ0v) is 15.6. The molecule has 0 bridgehead atoms. The first kappa shape index (κ1) is 18.1. The van der Waals surface area contributed by atoms with Crippen molar-refractivity contribution >= 4 is 34.1 Å². The number of ether oxygens (including phenoxy) is 1. The van der Waals surface area contributed by atoms with Crippen molar-refractivity contribution in [2.24, 2.45) is 16.1 Å². The number of fused-ring (bicyclic) bond motifs is 3. The lowest BCUT2D eigenvalue weighted by Gasteiger charge is -2.25. The van der Waals surface area contributed by atoms with Crippen molar-refractivity contribution < 1.29 is 4.74 Å². The van der Waals surface area contributed by atoms with Crippen LogP contribution in [0.15, 0.2) is 29.3 Å². The largest absolute Gasteiger partial charge is 0.390 e. The van der Waals surface area contributed by atoms with Crippen LogP contribution in [0.3, 0.4) is 0 Å². The number of nitrogen functional groups attached to an aromatic ring is 1. The third-order valence-electron chi connectivity index (χ3n) is 4.43. The van der Waals surface area contributed by atoms with Crippen molar-refractivity contribution in [3.63, 3.8) is 0 Å². The lowest BCUT2D eigenvalue weighted by Crippen LogP contribution is -2.25. The van der Waals surface area contributed by atoms with E-state index >= 15 is 0 Å². The summed E-state index contributed by atoms with van der Waals surface area (Å²) >= 11 is 0. The minimum atomic E-state index is -0.0928. The van der Waals surface area contributed by atoms with E-state index in [9.17, 15) is 0 Å². The predicted molar refractivity (Wildman–Crippen MR) is 106 cm³/mol. The third-order valence-corrected chi connectivity index (χ3v) is 4.43. The number of pyridine rings is 1. The molecule has 0 fully saturated rings. The summed E-state index contributed by atoms with van der Waals surface area (Å²) in [5, 5.41) is 1.05. The summed E-state index contributed by atoms with van der Waals surface area (Å²) in [6.45, 7) is 6.30. The number of aliphatic imine (C=N–C) groups is 1. The molecule has 4 N–H and O–H groups in total. The summed E-state index contributed by atoms with van der Waals surface area (Å²) in [6.07, 6.45) is 2.06. The zero-order chi connectivity index (χ0) is 18.7. The first-order chi connectivity index (χ1) is 12.5. The molecule has 2 heterocycles. The zero-order valence-electron chi connectivity index (χ0n) is 15.6. The normalized spacial score (nSPS) is 12.6. The third kappa shape index (κ3) is 3.48. The van der Waals surface area contributed by atoms with Gasteiger partial charge in [-0.2, -0.15) is 0 Å². The minimum Gasteiger partial charge on any atom is -0.390 e. The van der Waals surface area contributed by atoms with Crippen molar-refractivity contribution in [1.82, 2.24) is 14.5 Å². The first-order valence-corrected chi connectivity index (χ1v) is 8.69. The van der Waals surface area contributed by atoms with Gasteiger partial charge < -0.3 is 20.8 Å². The molecule has 0 spiro atoms. The molecule has 2 aromatic heterocycles. The maximum atomic E-state index is 6.22. The number of imidazole rings is 1. The van der Waals surface area contributed by atoms with Gasteiger partial charge in [-0.3, -0.25) is 4.99 Å². The van der Waals surface area contributed by atoms with E-state index in [1.54, 1.807) is 7.11 Å². The number of hydrogen-bond acceptors (Lipinski definition) is 5. The Morgan fingerprint density at radius 2 is 2.04 bits per heavy atom. The molecule has 0 amide bonds. The number of benzene rings is 1. The van der Waals surface area contributed by atoms with E-state index < -0.39 is 0 Å². The fraction of sp³-hybridized carbons (Fsp3) is 0.421. The molecule has 26 heavy (non-hydrogen) atoms. The average molecular weight is 354 g/mol. The Balaban J connectivity index is 2.22. The van der Waals surface area contributed by atoms with Crippen LogP contribution in [0.4, 0.5) is 5.82 Å². The highest BCUT2D eigenvalue weighted by atomic mass is 16.5. The lowest BCUT2D eigenvalue weighted by atomic mass is 9.93. The highest BCUT2D eigenvalue weighted by Gasteiger charge is 2.24. The molecule has 0 saturated carbocycles. The number of hydrogen-bond donors (Lipinski definition) is 2. The van der Waals surface area contributed by atoms with Gasteiger partial charge >= 0.3 is 0 Å². The number of anilines is 1. The Labute approximate surface area is 153 Å². The molecule has 0 aliphatic carbocycles. The topological polar surface area (TPSA) is 104 Å². The molecular formula is C19H26N6O. The van der Waals surface area contributed by atoms with Gasteiger partial charge in [-0.05, 0) is 6.07 Å². The van der Waals surface area contributed by atoms with Gasteiger partial charge in [-0.1, -0.05) is 32.0 Å². The van der Waals surface area contributed by atoms with Gasteiger partial charge in [0.15, 0.2) is 5.82 Å². The molecule has 7 heteroatoms. The van der Waals surface area contributed by atoms with Crippen molar-refractivity contribution in [1.29, 1.82) is 0 Å². The summed E-state index contributed by atoms with van der Waals surface area (Å²) in [7, 11) is 1.69. The molecule has 0 radical (unpaired) electrons. The van der Waals surface area contributed by atoms with Crippen molar-refractivity contribution in [3.8, 4) is 0 Å². The SMILES string of the molecule is COCCc1nc2c(N)nc3ccccc3c2n1CC(C)(C)CN=CN. The smallest absolute Gasteiger partial charge is 0.152 e. The van der Waals surface area contributed by atoms with E-state index in [2.05, 4.69) is 34.5 Å². The minimum absolute atomic E-state index is 0.0928. The number of aromatic nitrogens is 3. The lowest BCUT2D eigenvalue weighted by molar-refractivity contribution is 0.198. The number of para-hydroxylation sites is 1. The van der Waals surface area contributed by atoms with Crippen LogP contribution in [0.5, 0.6) is 0 Å². The standard InChI is InChI=1S/C19H26N6O/c1-19(2,10-22-12-20)11-25-15(8-9-26-3)24-16-17(25)13-6-4-5-7-14(13)23-18(16)21/h4-7,12H,8-11H2,1-3H3,(H2,20,22)(H2,21,23). The molecule has 0 unspecified atom stereocenters. The van der Waals surface area contributed by atoms with Crippen LogP contribution < -0.4 is 11.5 Å². The first-order valence-electron chi connectivity index (χ1n) is 8.69. The van der Waals surface area contributed by atoms with E-state index in [1.807, 2.05) is 18.2 Å². The molecule has 0 atom stereocenters. The summed E-state index contributed by atoms with van der Waals surface area (Å²) in [5.74, 6) is 1.39. The molecule has 1 aromatic carbocycles. The van der Waals surface area contributed by atoms with Gasteiger partial charge in [-0.15, -0.1) is 0 Å². The van der Waals surface area contributed by atoms with Crippen LogP contribution in [0, 0.1) is 5.41 Å². The monoisotopic (exact) mass is 354 g/mol. The number of nitrogens with zero attached hydrogens (tertiary/aromatic N) is 4. The average Bonchev–Trinajstić information content (AvgIpc) is 2.97. The van der Waals surface area contributed by atoms with Gasteiger partial charge in [0.1, 0.15) is 11.3 Å². The van der Waals surface area contributed by atoms with Gasteiger partial charge in [0.2, 0.25) is 0 Å². The Morgan fingerprint density at radius 1 is 1.27 bits per heavy atom. The number of nitrogens with two attached hydrogens (primary N) is 2. The fourth-order valence-electron chi connectivity index (χ4n) is 3.24. The second-order valence-corrected chi connectivity index (χ2v) is 7.22. The van der Waals surface area contributed by atoms with Crippen LogP contribution in [0.2, 0.25) is 0 Å². The molecule has 0 aliphatic heterocycles. The second-order valence-electron chi connectivity index (χ2n) is 7.22. The van der Waals surface area contributed by atoms with Gasteiger partial charge in [0, 0.05) is 37.4 Å². The van der Waals surface area contributed by atoms with Crippen LogP contribution in [0.25, 0.3) is 21.9 Å². The Hall–Kier alpha value is -2.67. The molecule has 0 saturated heterocycles. The quantitative estimate of drug-likeness (QED) is 0.501. The molecular weight excluding hydrogens is 328 g/mol. The predicted octanol–water partition coefficient (Wildman–Crippen LogP) is 2.37. The molecule has 138 valence electrons. The van der Waals surface area contributed by atoms with E-state index in [-0.39, 0.29) is 5.41 Å². The van der Waals surface area contributed by atoms with Gasteiger partial charge in [-0.25, -0.2) is 9.97 Å². The van der Waals surface area contributed by atoms with E-state index in [0.717, 1.165) is 34.3 Å². The van der Waals surface area contributed by atoms with Crippen molar-refractivity contribution in [3.05, 3.63) is 30.1 Å². The summed E-state index contributed by atoms with van der Waals surface area (Å²) in [5.41, 5.74) is 14.2. The van der Waals surface area contributed by atoms with E-state index in [0.29, 0.717) is 25.4 Å². The van der Waals surface area contributed by atoms with Crippen LogP contribution in [-0.4, -0.2) is 41.1 Å². The van der Waals surface area contributed by atoms with Crippen LogP contribution in [0.1, 0.15) is 19.7 Å². The van der Waals surface area contributed by atoms with Crippen LogP contribution >= 0.6 is 0 Å². The highest BCUT2D eigenvalue weighted by molar-refractivity contribution is 6.06. The maximum Gasteiger partial charge on any atom is 0.152 e.